The van der Waals surface area contributed by atoms with Crippen molar-refractivity contribution >= 4 is 12.1 Å². The number of carboxylic acids is 1. The number of carbonyl (C=O) groups excluding carboxylic acids is 1. The first kappa shape index (κ1) is 20.2. The highest BCUT2D eigenvalue weighted by molar-refractivity contribution is 5.74. The number of amides is 1. The Morgan fingerprint density at radius 2 is 2.19 bits per heavy atom. The van der Waals surface area contributed by atoms with Crippen molar-refractivity contribution in [3.05, 3.63) is 18.2 Å². The number of aliphatic carboxylic acids is 1. The minimum Gasteiger partial charge on any atom is -0.480 e. The lowest BCUT2D eigenvalue weighted by Gasteiger charge is -2.24. The third-order valence-electron chi connectivity index (χ3n) is 4.24. The second kappa shape index (κ2) is 8.53. The summed E-state index contributed by atoms with van der Waals surface area (Å²) in [5.74, 6) is -0.868. The number of aryl methyl sites for hydroxylation is 1. The van der Waals surface area contributed by atoms with Crippen molar-refractivity contribution in [1.29, 1.82) is 0 Å². The fourth-order valence-corrected chi connectivity index (χ4v) is 3.13. The third kappa shape index (κ3) is 6.01. The molecule has 0 aliphatic carbocycles. The summed E-state index contributed by atoms with van der Waals surface area (Å²) < 4.78 is 7.24. The van der Waals surface area contributed by atoms with Gasteiger partial charge in [-0.15, -0.1) is 0 Å². The van der Waals surface area contributed by atoms with Gasteiger partial charge in [0.1, 0.15) is 11.6 Å². The molecule has 0 aromatic carbocycles. The maximum absolute atomic E-state index is 11.9. The summed E-state index contributed by atoms with van der Waals surface area (Å²) in [6.45, 7) is 9.50. The van der Waals surface area contributed by atoms with Crippen LogP contribution < -0.4 is 5.32 Å². The number of ether oxygens (including phenoxy) is 1. The SMILES string of the molecule is CCCn1cnc(C[C@@H](C(=O)O)N2CC[C@H](NC(=O)OC(C)(C)C)C2)c1. The molecule has 1 saturated heterocycles. The van der Waals surface area contributed by atoms with Crippen LogP contribution >= 0.6 is 0 Å². The number of rotatable bonds is 7. The van der Waals surface area contributed by atoms with Crippen LogP contribution in [0.25, 0.3) is 0 Å². The summed E-state index contributed by atoms with van der Waals surface area (Å²) >= 11 is 0. The van der Waals surface area contributed by atoms with Crippen LogP contribution in [0.2, 0.25) is 0 Å². The molecule has 1 amide bonds. The van der Waals surface area contributed by atoms with Crippen LogP contribution in [-0.4, -0.2) is 62.4 Å². The van der Waals surface area contributed by atoms with E-state index >= 15 is 0 Å². The smallest absolute Gasteiger partial charge is 0.407 e. The summed E-state index contributed by atoms with van der Waals surface area (Å²) in [7, 11) is 0. The Balaban J connectivity index is 1.92. The van der Waals surface area contributed by atoms with E-state index in [1.807, 2.05) is 36.4 Å². The molecule has 1 aliphatic heterocycles. The van der Waals surface area contributed by atoms with E-state index in [0.29, 0.717) is 25.9 Å². The van der Waals surface area contributed by atoms with Gasteiger partial charge in [0.25, 0.3) is 0 Å². The first-order valence-corrected chi connectivity index (χ1v) is 9.15. The monoisotopic (exact) mass is 366 g/mol. The molecule has 0 radical (unpaired) electrons. The molecule has 0 unspecified atom stereocenters. The third-order valence-corrected chi connectivity index (χ3v) is 4.24. The number of hydrogen-bond acceptors (Lipinski definition) is 5. The van der Waals surface area contributed by atoms with Crippen LogP contribution in [0, 0.1) is 0 Å². The Morgan fingerprint density at radius 3 is 2.81 bits per heavy atom. The molecule has 0 bridgehead atoms. The standard InChI is InChI=1S/C18H30N4O4/c1-5-7-21-10-14(19-12-21)9-15(16(23)24)22-8-6-13(11-22)20-17(25)26-18(2,3)4/h10,12-13,15H,5-9,11H2,1-4H3,(H,20,25)(H,23,24)/t13-,15-/m0/s1. The molecule has 2 heterocycles. The summed E-state index contributed by atoms with van der Waals surface area (Å²) in [5.41, 5.74) is 0.220. The van der Waals surface area contributed by atoms with E-state index in [1.165, 1.54) is 0 Å². The lowest BCUT2D eigenvalue weighted by Crippen LogP contribution is -2.45. The van der Waals surface area contributed by atoms with Gasteiger partial charge in [0.05, 0.1) is 12.0 Å². The number of alkyl carbamates (subject to hydrolysis) is 1. The molecule has 26 heavy (non-hydrogen) atoms. The van der Waals surface area contributed by atoms with Gasteiger partial charge >= 0.3 is 12.1 Å². The average Bonchev–Trinajstić information content (AvgIpc) is 3.12. The highest BCUT2D eigenvalue weighted by Gasteiger charge is 2.34. The van der Waals surface area contributed by atoms with Crippen LogP contribution in [0.15, 0.2) is 12.5 Å². The maximum atomic E-state index is 11.9. The number of nitrogens with one attached hydrogen (secondary N) is 1. The summed E-state index contributed by atoms with van der Waals surface area (Å²) in [6.07, 6.45) is 5.25. The maximum Gasteiger partial charge on any atom is 0.407 e. The molecule has 2 atom stereocenters. The van der Waals surface area contributed by atoms with Gasteiger partial charge in [-0.3, -0.25) is 9.69 Å². The van der Waals surface area contributed by atoms with Crippen molar-refractivity contribution in [3.63, 3.8) is 0 Å². The van der Waals surface area contributed by atoms with Gasteiger partial charge in [-0.2, -0.15) is 0 Å². The van der Waals surface area contributed by atoms with Gasteiger partial charge in [0.15, 0.2) is 0 Å². The number of nitrogens with zero attached hydrogens (tertiary/aromatic N) is 3. The average molecular weight is 366 g/mol. The number of hydrogen-bond donors (Lipinski definition) is 2. The molecular formula is C18H30N4O4. The van der Waals surface area contributed by atoms with Crippen molar-refractivity contribution in [3.8, 4) is 0 Å². The van der Waals surface area contributed by atoms with Gasteiger partial charge in [0.2, 0.25) is 0 Å². The van der Waals surface area contributed by atoms with Crippen molar-refractivity contribution < 1.29 is 19.4 Å². The van der Waals surface area contributed by atoms with Crippen LogP contribution in [0.5, 0.6) is 0 Å². The van der Waals surface area contributed by atoms with Gasteiger partial charge < -0.3 is 19.7 Å². The van der Waals surface area contributed by atoms with E-state index in [-0.39, 0.29) is 6.04 Å². The van der Waals surface area contributed by atoms with Gasteiger partial charge in [0, 0.05) is 38.3 Å². The van der Waals surface area contributed by atoms with E-state index in [1.54, 1.807) is 6.33 Å². The van der Waals surface area contributed by atoms with Gasteiger partial charge in [-0.1, -0.05) is 6.92 Å². The first-order valence-electron chi connectivity index (χ1n) is 9.15. The van der Waals surface area contributed by atoms with Crippen LogP contribution in [-0.2, 0) is 22.5 Å². The quantitative estimate of drug-likeness (QED) is 0.765. The molecule has 0 saturated carbocycles. The fourth-order valence-electron chi connectivity index (χ4n) is 3.13. The number of carboxylic acid groups (broad SMARTS) is 1. The zero-order valence-electron chi connectivity index (χ0n) is 16.1. The second-order valence-corrected chi connectivity index (χ2v) is 7.79. The fraction of sp³-hybridized carbons (Fsp3) is 0.722. The van der Waals surface area contributed by atoms with E-state index < -0.39 is 23.7 Å². The molecule has 8 heteroatoms. The van der Waals surface area contributed by atoms with E-state index in [4.69, 9.17) is 4.74 Å². The molecule has 1 aromatic rings. The molecule has 1 aromatic heterocycles. The Hall–Kier alpha value is -2.09. The van der Waals surface area contributed by atoms with Gasteiger partial charge in [-0.05, 0) is 33.6 Å². The van der Waals surface area contributed by atoms with Gasteiger partial charge in [-0.25, -0.2) is 9.78 Å². The van der Waals surface area contributed by atoms with E-state index in [0.717, 1.165) is 18.7 Å². The van der Waals surface area contributed by atoms with Crippen molar-refractivity contribution in [2.24, 2.45) is 0 Å². The molecule has 2 N–H and O–H groups in total. The molecule has 146 valence electrons. The Morgan fingerprint density at radius 1 is 1.46 bits per heavy atom. The van der Waals surface area contributed by atoms with Crippen LogP contribution in [0.4, 0.5) is 4.79 Å². The largest absolute Gasteiger partial charge is 0.480 e. The minimum absolute atomic E-state index is 0.107. The zero-order valence-corrected chi connectivity index (χ0v) is 16.1. The highest BCUT2D eigenvalue weighted by atomic mass is 16.6. The number of aromatic nitrogens is 2. The predicted molar refractivity (Wildman–Crippen MR) is 97.0 cm³/mol. The van der Waals surface area contributed by atoms with Crippen molar-refractivity contribution in [2.45, 2.75) is 71.2 Å². The lowest BCUT2D eigenvalue weighted by atomic mass is 10.1. The molecule has 8 nitrogen and oxygen atoms in total. The minimum atomic E-state index is -0.868. The Kier molecular flexibility index (Phi) is 6.63. The van der Waals surface area contributed by atoms with E-state index in [2.05, 4.69) is 17.2 Å². The molecule has 1 fully saturated rings. The summed E-state index contributed by atoms with van der Waals surface area (Å²) in [4.78, 5) is 29.9. The topological polar surface area (TPSA) is 96.7 Å². The lowest BCUT2D eigenvalue weighted by molar-refractivity contribution is -0.142. The zero-order chi connectivity index (χ0) is 19.3. The van der Waals surface area contributed by atoms with E-state index in [9.17, 15) is 14.7 Å². The highest BCUT2D eigenvalue weighted by Crippen LogP contribution is 2.17. The normalized spacial score (nSPS) is 19.3. The number of likely N-dealkylation sites (tertiary alicyclic amines) is 1. The molecule has 2 rings (SSSR count). The molecule has 1 aliphatic rings. The molecular weight excluding hydrogens is 336 g/mol. The van der Waals surface area contributed by atoms with Crippen LogP contribution in [0.3, 0.4) is 0 Å². The molecule has 0 spiro atoms. The van der Waals surface area contributed by atoms with Crippen molar-refractivity contribution in [2.75, 3.05) is 13.1 Å². The van der Waals surface area contributed by atoms with Crippen LogP contribution in [0.1, 0.15) is 46.2 Å². The predicted octanol–water partition coefficient (Wildman–Crippen LogP) is 1.89. The number of imidazole rings is 1. The second-order valence-electron chi connectivity index (χ2n) is 7.79. The first-order chi connectivity index (χ1) is 12.2. The Bertz CT molecular complexity index is 623. The Labute approximate surface area is 154 Å². The summed E-state index contributed by atoms with van der Waals surface area (Å²) in [5, 5.41) is 12.5. The van der Waals surface area contributed by atoms with Crippen molar-refractivity contribution in [1.82, 2.24) is 19.8 Å². The number of carbonyl (C=O) groups is 2. The summed E-state index contributed by atoms with van der Waals surface area (Å²) in [6, 6.07) is -0.755.